The molecule has 8 heteroatoms. The summed E-state index contributed by atoms with van der Waals surface area (Å²) in [5, 5.41) is 13.2. The van der Waals surface area contributed by atoms with Crippen molar-refractivity contribution in [3.8, 4) is 11.8 Å². The number of amides is 1. The molecule has 1 aromatic heterocycles. The highest BCUT2D eigenvalue weighted by Crippen LogP contribution is 2.33. The first kappa shape index (κ1) is 25.0. The number of esters is 1. The highest BCUT2D eigenvalue weighted by molar-refractivity contribution is 7.16. The monoisotopic (exact) mass is 494 g/mol. The van der Waals surface area contributed by atoms with Gasteiger partial charge in [0.2, 0.25) is 0 Å². The van der Waals surface area contributed by atoms with Gasteiger partial charge in [-0.3, -0.25) is 4.79 Å². The van der Waals surface area contributed by atoms with Gasteiger partial charge in [-0.05, 0) is 56.2 Å². The fourth-order valence-corrected chi connectivity index (χ4v) is 4.32. The Bertz CT molecular complexity index is 1270. The first-order valence-corrected chi connectivity index (χ1v) is 11.7. The van der Waals surface area contributed by atoms with E-state index < -0.39 is 11.9 Å². The van der Waals surface area contributed by atoms with Crippen molar-refractivity contribution in [1.29, 1.82) is 5.26 Å². The minimum atomic E-state index is -0.603. The van der Waals surface area contributed by atoms with Gasteiger partial charge in [0.25, 0.3) is 5.91 Å². The summed E-state index contributed by atoms with van der Waals surface area (Å²) in [6, 6.07) is 16.4. The predicted octanol–water partition coefficient (Wildman–Crippen LogP) is 6.32. The minimum Gasteiger partial charge on any atom is -0.489 e. The van der Waals surface area contributed by atoms with Gasteiger partial charge in [0, 0.05) is 15.5 Å². The Morgan fingerprint density at radius 2 is 1.85 bits per heavy atom. The zero-order chi connectivity index (χ0) is 24.7. The number of hydrogen-bond acceptors (Lipinski definition) is 6. The van der Waals surface area contributed by atoms with Gasteiger partial charge in [-0.15, -0.1) is 11.3 Å². The van der Waals surface area contributed by atoms with Crippen LogP contribution in [0.4, 0.5) is 5.00 Å². The number of carbonyl (C=O) groups excluding carboxylic acids is 2. The molecule has 1 amide bonds. The van der Waals surface area contributed by atoms with E-state index in [0.29, 0.717) is 33.5 Å². The van der Waals surface area contributed by atoms with Crippen molar-refractivity contribution in [3.05, 3.63) is 86.3 Å². The number of rotatable bonds is 8. The average Bonchev–Trinajstić information content (AvgIpc) is 3.10. The SMILES string of the molecule is CCOC(=O)c1c(NC(=O)/C(C#N)=C/c2ccc(OCc3ccccc3Cl)cc2)sc(C)c1C. The Balaban J connectivity index is 1.72. The molecule has 3 aromatic rings. The van der Waals surface area contributed by atoms with E-state index in [0.717, 1.165) is 16.0 Å². The zero-order valence-corrected chi connectivity index (χ0v) is 20.5. The molecule has 0 radical (unpaired) electrons. The molecule has 0 atom stereocenters. The summed E-state index contributed by atoms with van der Waals surface area (Å²) < 4.78 is 10.9. The van der Waals surface area contributed by atoms with E-state index in [9.17, 15) is 14.9 Å². The van der Waals surface area contributed by atoms with Crippen molar-refractivity contribution in [2.24, 2.45) is 0 Å². The van der Waals surface area contributed by atoms with Gasteiger partial charge in [0.1, 0.15) is 29.0 Å². The molecule has 0 bridgehead atoms. The summed E-state index contributed by atoms with van der Waals surface area (Å²) >= 11 is 7.42. The van der Waals surface area contributed by atoms with E-state index >= 15 is 0 Å². The summed E-state index contributed by atoms with van der Waals surface area (Å²) in [5.74, 6) is -0.480. The van der Waals surface area contributed by atoms with Crippen molar-refractivity contribution in [2.75, 3.05) is 11.9 Å². The molecule has 174 valence electrons. The van der Waals surface area contributed by atoms with E-state index in [-0.39, 0.29) is 12.2 Å². The van der Waals surface area contributed by atoms with Crippen molar-refractivity contribution in [1.82, 2.24) is 0 Å². The number of aryl methyl sites for hydroxylation is 1. The summed E-state index contributed by atoms with van der Waals surface area (Å²) in [4.78, 5) is 26.0. The number of benzene rings is 2. The van der Waals surface area contributed by atoms with Crippen molar-refractivity contribution >= 4 is 45.9 Å². The molecule has 1 heterocycles. The molecule has 0 spiro atoms. The highest BCUT2D eigenvalue weighted by atomic mass is 35.5. The third kappa shape index (κ3) is 6.04. The molecule has 0 fully saturated rings. The minimum absolute atomic E-state index is 0.0942. The Labute approximate surface area is 207 Å². The molecule has 0 aliphatic rings. The van der Waals surface area contributed by atoms with Crippen molar-refractivity contribution in [3.63, 3.8) is 0 Å². The van der Waals surface area contributed by atoms with E-state index in [2.05, 4.69) is 5.32 Å². The number of thiophene rings is 1. The van der Waals surface area contributed by atoms with Crippen LogP contribution in [-0.2, 0) is 16.1 Å². The number of anilines is 1. The fraction of sp³-hybridized carbons (Fsp3) is 0.192. The zero-order valence-electron chi connectivity index (χ0n) is 19.0. The molecule has 2 aromatic carbocycles. The third-order valence-corrected chi connectivity index (χ3v) is 6.49. The fourth-order valence-electron chi connectivity index (χ4n) is 3.09. The van der Waals surface area contributed by atoms with Gasteiger partial charge >= 0.3 is 5.97 Å². The van der Waals surface area contributed by atoms with Crippen LogP contribution in [0, 0.1) is 25.2 Å². The van der Waals surface area contributed by atoms with Gasteiger partial charge in [-0.1, -0.05) is 41.9 Å². The lowest BCUT2D eigenvalue weighted by Crippen LogP contribution is -2.16. The lowest BCUT2D eigenvalue weighted by molar-refractivity contribution is -0.112. The standard InChI is InChI=1S/C26H23ClN2O4S/c1-4-32-26(31)23-16(2)17(3)34-25(23)29-24(30)20(14-28)13-18-9-11-21(12-10-18)33-15-19-7-5-6-8-22(19)27/h5-13H,4,15H2,1-3H3,(H,29,30)/b20-13+. The van der Waals surface area contributed by atoms with Gasteiger partial charge < -0.3 is 14.8 Å². The Morgan fingerprint density at radius 3 is 2.50 bits per heavy atom. The molecule has 0 aliphatic heterocycles. The Hall–Kier alpha value is -3.60. The molecule has 1 N–H and O–H groups in total. The average molecular weight is 495 g/mol. The van der Waals surface area contributed by atoms with Crippen LogP contribution < -0.4 is 10.1 Å². The Morgan fingerprint density at radius 1 is 1.15 bits per heavy atom. The quantitative estimate of drug-likeness (QED) is 0.225. The van der Waals surface area contributed by atoms with Crippen LogP contribution in [0.2, 0.25) is 5.02 Å². The first-order chi connectivity index (χ1) is 16.3. The number of ether oxygens (including phenoxy) is 2. The summed E-state index contributed by atoms with van der Waals surface area (Å²) in [6.45, 7) is 5.92. The lowest BCUT2D eigenvalue weighted by Gasteiger charge is -2.08. The maximum atomic E-state index is 12.8. The van der Waals surface area contributed by atoms with E-state index in [1.54, 1.807) is 44.2 Å². The van der Waals surface area contributed by atoms with Gasteiger partial charge in [-0.25, -0.2) is 4.79 Å². The van der Waals surface area contributed by atoms with Crippen LogP contribution in [-0.4, -0.2) is 18.5 Å². The van der Waals surface area contributed by atoms with Gasteiger partial charge in [0.05, 0.1) is 12.2 Å². The van der Waals surface area contributed by atoms with E-state index in [1.165, 1.54) is 17.4 Å². The summed E-state index contributed by atoms with van der Waals surface area (Å²) in [6.07, 6.45) is 1.48. The van der Waals surface area contributed by atoms with Gasteiger partial charge in [-0.2, -0.15) is 5.26 Å². The number of nitrogens with zero attached hydrogens (tertiary/aromatic N) is 1. The second-order valence-electron chi connectivity index (χ2n) is 7.28. The molecular formula is C26H23ClN2O4S. The number of carbonyl (C=O) groups is 2. The highest BCUT2D eigenvalue weighted by Gasteiger charge is 2.23. The lowest BCUT2D eigenvalue weighted by atomic mass is 10.1. The van der Waals surface area contributed by atoms with Crippen LogP contribution in [0.1, 0.15) is 38.8 Å². The summed E-state index contributed by atoms with van der Waals surface area (Å²) in [7, 11) is 0. The second-order valence-corrected chi connectivity index (χ2v) is 8.91. The molecule has 0 saturated carbocycles. The first-order valence-electron chi connectivity index (χ1n) is 10.5. The van der Waals surface area contributed by atoms with Crippen LogP contribution >= 0.6 is 22.9 Å². The third-order valence-electron chi connectivity index (χ3n) is 5.00. The number of hydrogen-bond donors (Lipinski definition) is 1. The van der Waals surface area contributed by atoms with Gasteiger partial charge in [0.15, 0.2) is 0 Å². The van der Waals surface area contributed by atoms with Crippen molar-refractivity contribution in [2.45, 2.75) is 27.4 Å². The van der Waals surface area contributed by atoms with Crippen LogP contribution in [0.3, 0.4) is 0 Å². The normalized spacial score (nSPS) is 11.0. The predicted molar refractivity (Wildman–Crippen MR) is 134 cm³/mol. The smallest absolute Gasteiger partial charge is 0.341 e. The van der Waals surface area contributed by atoms with Crippen LogP contribution in [0.25, 0.3) is 6.08 Å². The van der Waals surface area contributed by atoms with Crippen LogP contribution in [0.5, 0.6) is 5.75 Å². The van der Waals surface area contributed by atoms with Crippen LogP contribution in [0.15, 0.2) is 54.1 Å². The molecule has 34 heavy (non-hydrogen) atoms. The molecule has 3 rings (SSSR count). The number of halogens is 1. The van der Waals surface area contributed by atoms with Crippen molar-refractivity contribution < 1.29 is 19.1 Å². The molecule has 0 aliphatic carbocycles. The van der Waals surface area contributed by atoms with E-state index in [4.69, 9.17) is 21.1 Å². The maximum Gasteiger partial charge on any atom is 0.341 e. The molecular weight excluding hydrogens is 472 g/mol. The second kappa shape index (κ2) is 11.5. The molecule has 6 nitrogen and oxygen atoms in total. The summed E-state index contributed by atoms with van der Waals surface area (Å²) in [5.41, 5.74) is 2.49. The Kier molecular flexibility index (Phi) is 8.47. The maximum absolute atomic E-state index is 12.8. The topological polar surface area (TPSA) is 88.4 Å². The largest absolute Gasteiger partial charge is 0.489 e. The molecule has 0 unspecified atom stereocenters. The molecule has 0 saturated heterocycles. The number of nitriles is 1. The number of nitrogens with one attached hydrogen (secondary N) is 1. The van der Waals surface area contributed by atoms with E-state index in [1.807, 2.05) is 31.2 Å².